The molecule has 0 bridgehead atoms. The van der Waals surface area contributed by atoms with Crippen molar-refractivity contribution in [2.45, 2.75) is 13.3 Å². The molecule has 0 aromatic heterocycles. The molecule has 0 fully saturated rings. The summed E-state index contributed by atoms with van der Waals surface area (Å²) in [6, 6.07) is 12.4. The van der Waals surface area contributed by atoms with Crippen molar-refractivity contribution in [3.05, 3.63) is 53.1 Å². The summed E-state index contributed by atoms with van der Waals surface area (Å²) < 4.78 is 5.65. The lowest BCUT2D eigenvalue weighted by atomic mass is 9.96. The van der Waals surface area contributed by atoms with E-state index in [0.717, 1.165) is 11.3 Å². The molecule has 124 valence electrons. The van der Waals surface area contributed by atoms with Crippen LogP contribution in [0, 0.1) is 5.92 Å². The van der Waals surface area contributed by atoms with Crippen molar-refractivity contribution in [2.75, 3.05) is 17.2 Å². The number of benzene rings is 2. The van der Waals surface area contributed by atoms with Gasteiger partial charge in [0.05, 0.1) is 5.92 Å². The molecule has 6 heteroatoms. The van der Waals surface area contributed by atoms with Gasteiger partial charge in [-0.1, -0.05) is 11.6 Å². The first-order valence-corrected chi connectivity index (χ1v) is 7.99. The molecule has 2 amide bonds. The summed E-state index contributed by atoms with van der Waals surface area (Å²) >= 11 is 6.00. The van der Waals surface area contributed by atoms with Gasteiger partial charge in [0.15, 0.2) is 0 Å². The van der Waals surface area contributed by atoms with Crippen LogP contribution in [0.3, 0.4) is 0 Å². The van der Waals surface area contributed by atoms with Crippen LogP contribution in [-0.2, 0) is 16.0 Å². The summed E-state index contributed by atoms with van der Waals surface area (Å²) in [6.45, 7) is 1.79. The van der Waals surface area contributed by atoms with E-state index < -0.39 is 0 Å². The highest BCUT2D eigenvalue weighted by atomic mass is 35.5. The average molecular weight is 345 g/mol. The number of nitrogens with one attached hydrogen (secondary N) is 2. The van der Waals surface area contributed by atoms with E-state index in [-0.39, 0.29) is 17.7 Å². The van der Waals surface area contributed by atoms with Crippen LogP contribution in [0.1, 0.15) is 12.5 Å². The fourth-order valence-electron chi connectivity index (χ4n) is 2.62. The maximum Gasteiger partial charge on any atom is 0.231 e. The molecule has 1 heterocycles. The van der Waals surface area contributed by atoms with E-state index in [1.54, 1.807) is 30.3 Å². The second-order valence-electron chi connectivity index (χ2n) is 5.71. The number of hydrogen-bond donors (Lipinski definition) is 2. The van der Waals surface area contributed by atoms with Crippen LogP contribution in [0.2, 0.25) is 5.02 Å². The van der Waals surface area contributed by atoms with Crippen molar-refractivity contribution in [3.8, 4) is 5.75 Å². The number of carbonyl (C=O) groups is 2. The lowest BCUT2D eigenvalue weighted by Crippen LogP contribution is -2.32. The third-order valence-electron chi connectivity index (χ3n) is 3.77. The Kier molecular flexibility index (Phi) is 4.71. The van der Waals surface area contributed by atoms with Gasteiger partial charge < -0.3 is 15.4 Å². The lowest BCUT2D eigenvalue weighted by molar-refractivity contribution is -0.121. The molecule has 3 rings (SSSR count). The number of halogens is 1. The predicted molar refractivity (Wildman–Crippen MR) is 93.5 cm³/mol. The van der Waals surface area contributed by atoms with E-state index in [0.29, 0.717) is 29.4 Å². The molecule has 24 heavy (non-hydrogen) atoms. The highest BCUT2D eigenvalue weighted by Gasteiger charge is 2.26. The van der Waals surface area contributed by atoms with Gasteiger partial charge >= 0.3 is 0 Å². The number of amides is 2. The Morgan fingerprint density at radius 2 is 1.75 bits per heavy atom. The third-order valence-corrected chi connectivity index (χ3v) is 4.01. The van der Waals surface area contributed by atoms with Crippen molar-refractivity contribution >= 4 is 34.8 Å². The Hall–Kier alpha value is -2.53. The van der Waals surface area contributed by atoms with E-state index in [9.17, 15) is 9.59 Å². The smallest absolute Gasteiger partial charge is 0.231 e. The Morgan fingerprint density at radius 1 is 1.08 bits per heavy atom. The van der Waals surface area contributed by atoms with Gasteiger partial charge in [-0.05, 0) is 54.4 Å². The molecule has 0 aliphatic carbocycles. The summed E-state index contributed by atoms with van der Waals surface area (Å²) in [6.07, 6.45) is 0.589. The minimum atomic E-state index is -0.272. The van der Waals surface area contributed by atoms with Crippen molar-refractivity contribution < 1.29 is 14.3 Å². The first kappa shape index (κ1) is 16.3. The number of hydrogen-bond acceptors (Lipinski definition) is 3. The second kappa shape index (κ2) is 6.93. The molecular weight excluding hydrogens is 328 g/mol. The van der Waals surface area contributed by atoms with Crippen LogP contribution in [0.25, 0.3) is 0 Å². The fourth-order valence-corrected chi connectivity index (χ4v) is 2.81. The van der Waals surface area contributed by atoms with E-state index >= 15 is 0 Å². The van der Waals surface area contributed by atoms with Crippen LogP contribution in [0.5, 0.6) is 5.75 Å². The van der Waals surface area contributed by atoms with Gasteiger partial charge in [-0.3, -0.25) is 9.59 Å². The molecule has 0 spiro atoms. The number of carbonyl (C=O) groups excluding carboxylic acids is 2. The van der Waals surface area contributed by atoms with Gasteiger partial charge in [0, 0.05) is 23.3 Å². The molecule has 2 aromatic rings. The summed E-state index contributed by atoms with van der Waals surface area (Å²) in [4.78, 5) is 23.4. The van der Waals surface area contributed by atoms with Crippen LogP contribution < -0.4 is 15.4 Å². The van der Waals surface area contributed by atoms with Crippen molar-refractivity contribution in [1.29, 1.82) is 0 Å². The van der Waals surface area contributed by atoms with E-state index in [4.69, 9.17) is 16.3 Å². The van der Waals surface area contributed by atoms with Crippen LogP contribution in [0.4, 0.5) is 11.4 Å². The van der Waals surface area contributed by atoms with Crippen molar-refractivity contribution in [1.82, 2.24) is 0 Å². The van der Waals surface area contributed by atoms with E-state index in [1.807, 2.05) is 12.1 Å². The minimum absolute atomic E-state index is 0.104. The second-order valence-corrected chi connectivity index (χ2v) is 6.15. The van der Waals surface area contributed by atoms with Crippen molar-refractivity contribution in [2.24, 2.45) is 5.92 Å². The summed E-state index contributed by atoms with van der Waals surface area (Å²) in [5.74, 6) is 0.269. The van der Waals surface area contributed by atoms with Crippen molar-refractivity contribution in [3.63, 3.8) is 0 Å². The Balaban J connectivity index is 1.64. The predicted octanol–water partition coefficient (Wildman–Crippen LogP) is 3.49. The molecule has 1 aliphatic heterocycles. The van der Waals surface area contributed by atoms with Gasteiger partial charge in [-0.25, -0.2) is 0 Å². The first-order chi connectivity index (χ1) is 11.5. The minimum Gasteiger partial charge on any atom is -0.492 e. The van der Waals surface area contributed by atoms with E-state index in [1.165, 1.54) is 6.92 Å². The Morgan fingerprint density at radius 3 is 2.42 bits per heavy atom. The molecule has 0 saturated heterocycles. The highest BCUT2D eigenvalue weighted by Crippen LogP contribution is 2.30. The highest BCUT2D eigenvalue weighted by molar-refractivity contribution is 6.30. The van der Waals surface area contributed by atoms with Crippen LogP contribution in [0.15, 0.2) is 42.5 Å². The summed E-state index contributed by atoms with van der Waals surface area (Å²) in [7, 11) is 0. The number of ether oxygens (including phenoxy) is 1. The van der Waals surface area contributed by atoms with Gasteiger partial charge in [0.1, 0.15) is 12.4 Å². The number of anilines is 2. The molecule has 5 nitrogen and oxygen atoms in total. The zero-order chi connectivity index (χ0) is 17.1. The van der Waals surface area contributed by atoms with Gasteiger partial charge in [0.25, 0.3) is 0 Å². The number of rotatable bonds is 3. The van der Waals surface area contributed by atoms with Gasteiger partial charge in [-0.2, -0.15) is 0 Å². The standard InChI is InChI=1S/C18H17ClN2O3/c1-11(22)20-15-3-5-16(6-4-15)21-18(23)13-8-12-9-14(19)2-7-17(12)24-10-13/h2-7,9,13H,8,10H2,1H3,(H,20,22)(H,21,23). The van der Waals surface area contributed by atoms with Gasteiger partial charge in [-0.15, -0.1) is 0 Å². The zero-order valence-electron chi connectivity index (χ0n) is 13.1. The molecule has 0 radical (unpaired) electrons. The first-order valence-electron chi connectivity index (χ1n) is 7.61. The fraction of sp³-hybridized carbons (Fsp3) is 0.222. The summed E-state index contributed by atoms with van der Waals surface area (Å²) in [5.41, 5.74) is 2.30. The molecule has 1 aliphatic rings. The molecule has 0 saturated carbocycles. The Labute approximate surface area is 145 Å². The lowest BCUT2D eigenvalue weighted by Gasteiger charge is -2.24. The topological polar surface area (TPSA) is 67.4 Å². The number of fused-ring (bicyclic) bond motifs is 1. The quantitative estimate of drug-likeness (QED) is 0.895. The van der Waals surface area contributed by atoms with E-state index in [2.05, 4.69) is 10.6 Å². The maximum atomic E-state index is 12.4. The van der Waals surface area contributed by atoms with Crippen LogP contribution >= 0.6 is 11.6 Å². The molecule has 1 atom stereocenters. The monoisotopic (exact) mass is 344 g/mol. The molecular formula is C18H17ClN2O3. The maximum absolute atomic E-state index is 12.4. The largest absolute Gasteiger partial charge is 0.492 e. The molecule has 2 aromatic carbocycles. The summed E-state index contributed by atoms with van der Waals surface area (Å²) in [5, 5.41) is 6.19. The van der Waals surface area contributed by atoms with Gasteiger partial charge in [0.2, 0.25) is 11.8 Å². The average Bonchev–Trinajstić information content (AvgIpc) is 2.55. The van der Waals surface area contributed by atoms with Crippen LogP contribution in [-0.4, -0.2) is 18.4 Å². The normalized spacial score (nSPS) is 15.8. The Bertz CT molecular complexity index is 774. The molecule has 1 unspecified atom stereocenters. The molecule has 2 N–H and O–H groups in total. The third kappa shape index (κ3) is 3.86. The zero-order valence-corrected chi connectivity index (χ0v) is 13.9. The SMILES string of the molecule is CC(=O)Nc1ccc(NC(=O)C2COc3ccc(Cl)cc3C2)cc1.